The van der Waals surface area contributed by atoms with E-state index in [1.54, 1.807) is 13.0 Å². The van der Waals surface area contributed by atoms with E-state index in [1.807, 2.05) is 13.8 Å². The summed E-state index contributed by atoms with van der Waals surface area (Å²) in [6, 6.07) is -0.240. The van der Waals surface area contributed by atoms with Crippen molar-refractivity contribution < 1.29 is 33.3 Å². The molecule has 3 aliphatic rings. The first kappa shape index (κ1) is 29.4. The van der Waals surface area contributed by atoms with Gasteiger partial charge < -0.3 is 34.3 Å². The minimum atomic E-state index is -0.515. The quantitative estimate of drug-likeness (QED) is 0.184. The fourth-order valence-corrected chi connectivity index (χ4v) is 4.60. The molecule has 3 aliphatic heterocycles. The van der Waals surface area contributed by atoms with Crippen molar-refractivity contribution >= 4 is 12.0 Å². The van der Waals surface area contributed by atoms with E-state index in [0.29, 0.717) is 26.2 Å². The van der Waals surface area contributed by atoms with Crippen LogP contribution in [0.25, 0.3) is 0 Å². The normalized spacial score (nSPS) is 30.4. The maximum absolute atomic E-state index is 12.2. The molecule has 3 rings (SSSR count). The molecular weight excluding hydrogens is 476 g/mol. The Labute approximate surface area is 220 Å². The molecule has 1 spiro atoms. The first-order chi connectivity index (χ1) is 17.6. The van der Waals surface area contributed by atoms with Crippen LogP contribution in [-0.4, -0.2) is 74.1 Å². The van der Waals surface area contributed by atoms with Crippen molar-refractivity contribution in [2.24, 2.45) is 0 Å². The van der Waals surface area contributed by atoms with Gasteiger partial charge in [-0.25, -0.2) is 4.79 Å². The Morgan fingerprint density at radius 1 is 1.19 bits per heavy atom. The first-order valence-corrected chi connectivity index (χ1v) is 13.4. The number of carbonyl (C=O) groups is 2. The number of unbranched alkanes of at least 4 members (excludes halogenated alkanes) is 1. The van der Waals surface area contributed by atoms with Crippen molar-refractivity contribution in [1.82, 2.24) is 10.6 Å². The smallest absolute Gasteiger partial charge is 0.407 e. The van der Waals surface area contributed by atoms with E-state index >= 15 is 0 Å². The van der Waals surface area contributed by atoms with Crippen LogP contribution >= 0.6 is 0 Å². The van der Waals surface area contributed by atoms with Crippen LogP contribution in [0.5, 0.6) is 0 Å². The van der Waals surface area contributed by atoms with Gasteiger partial charge in [-0.3, -0.25) is 4.79 Å². The second-order valence-electron chi connectivity index (χ2n) is 10.9. The number of hydrogen-bond donors (Lipinski definition) is 2. The number of epoxide rings is 1. The molecule has 0 saturated carbocycles. The standard InChI is InChI=1S/C28H44N2O7/c1-6-7-14-29-26(32)36-21(3)10-12-24(31)30-22-16-33-25(34-17-22)13-9-20(2)8-11-23-15-28(19-35-28)18-27(4,5)37-23/h8-12,21-23,25H,6-7,13-19H2,1-5H3,(H,29,32)(H,30,31)/t21?,22?,23-,25?,28-/m1/s1. The summed E-state index contributed by atoms with van der Waals surface area (Å²) < 4.78 is 28.6. The van der Waals surface area contributed by atoms with Gasteiger partial charge in [0.15, 0.2) is 6.29 Å². The van der Waals surface area contributed by atoms with Crippen LogP contribution in [0.1, 0.15) is 66.7 Å². The topological polar surface area (TPSA) is 108 Å². The molecule has 3 heterocycles. The molecule has 0 aromatic carbocycles. The highest BCUT2D eigenvalue weighted by atomic mass is 16.7. The lowest BCUT2D eigenvalue weighted by Crippen LogP contribution is -2.46. The van der Waals surface area contributed by atoms with E-state index in [0.717, 1.165) is 37.9 Å². The summed E-state index contributed by atoms with van der Waals surface area (Å²) in [6.07, 6.45) is 12.2. The Balaban J connectivity index is 1.32. The van der Waals surface area contributed by atoms with Crippen molar-refractivity contribution in [2.75, 3.05) is 26.4 Å². The maximum atomic E-state index is 12.2. The van der Waals surface area contributed by atoms with Crippen LogP contribution in [0.15, 0.2) is 36.0 Å². The fraction of sp³-hybridized carbons (Fsp3) is 0.714. The summed E-state index contributed by atoms with van der Waals surface area (Å²) in [6.45, 7) is 12.2. The van der Waals surface area contributed by atoms with Gasteiger partial charge in [0.2, 0.25) is 5.91 Å². The van der Waals surface area contributed by atoms with E-state index in [1.165, 1.54) is 6.08 Å². The number of alkyl carbamates (subject to hydrolysis) is 1. The summed E-state index contributed by atoms with van der Waals surface area (Å²) in [4.78, 5) is 23.9. The molecule has 3 fully saturated rings. The summed E-state index contributed by atoms with van der Waals surface area (Å²) in [5.74, 6) is -0.287. The first-order valence-electron chi connectivity index (χ1n) is 13.4. The van der Waals surface area contributed by atoms with Crippen LogP contribution in [0.3, 0.4) is 0 Å². The average Bonchev–Trinajstić information content (AvgIpc) is 3.57. The van der Waals surface area contributed by atoms with Crippen molar-refractivity contribution in [3.8, 4) is 0 Å². The molecule has 0 aromatic rings. The lowest BCUT2D eigenvalue weighted by Gasteiger charge is -2.38. The van der Waals surface area contributed by atoms with Crippen LogP contribution in [0, 0.1) is 0 Å². The van der Waals surface area contributed by atoms with Gasteiger partial charge in [-0.05, 0) is 40.2 Å². The number of amides is 2. The molecule has 0 bridgehead atoms. The lowest BCUT2D eigenvalue weighted by molar-refractivity contribution is -0.187. The van der Waals surface area contributed by atoms with Gasteiger partial charge in [-0.1, -0.05) is 37.1 Å². The Morgan fingerprint density at radius 2 is 1.92 bits per heavy atom. The van der Waals surface area contributed by atoms with E-state index in [4.69, 9.17) is 23.7 Å². The highest BCUT2D eigenvalue weighted by molar-refractivity contribution is 5.87. The third kappa shape index (κ3) is 10.6. The molecule has 2 N–H and O–H groups in total. The Kier molecular flexibility index (Phi) is 10.8. The molecule has 0 aliphatic carbocycles. The van der Waals surface area contributed by atoms with Crippen molar-refractivity contribution in [2.45, 2.75) is 102 Å². The number of hydrogen-bond acceptors (Lipinski definition) is 7. The number of ether oxygens (including phenoxy) is 5. The molecule has 3 atom stereocenters. The third-order valence-corrected chi connectivity index (χ3v) is 6.47. The molecule has 0 aromatic heterocycles. The number of nitrogens with one attached hydrogen (secondary N) is 2. The Bertz CT molecular complexity index is 849. The Hall–Kier alpha value is -2.20. The molecule has 1 unspecified atom stereocenters. The van der Waals surface area contributed by atoms with E-state index < -0.39 is 12.2 Å². The zero-order valence-corrected chi connectivity index (χ0v) is 22.9. The van der Waals surface area contributed by atoms with E-state index in [9.17, 15) is 9.59 Å². The van der Waals surface area contributed by atoms with Crippen LogP contribution in [-0.2, 0) is 28.5 Å². The van der Waals surface area contributed by atoms with Crippen molar-refractivity contribution in [3.05, 3.63) is 36.0 Å². The predicted molar refractivity (Wildman–Crippen MR) is 140 cm³/mol. The lowest BCUT2D eigenvalue weighted by atomic mass is 9.85. The summed E-state index contributed by atoms with van der Waals surface area (Å²) >= 11 is 0. The summed E-state index contributed by atoms with van der Waals surface area (Å²) in [5.41, 5.74) is 0.945. The predicted octanol–water partition coefficient (Wildman–Crippen LogP) is 3.93. The zero-order chi connectivity index (χ0) is 26.9. The highest BCUT2D eigenvalue weighted by Gasteiger charge is 2.53. The van der Waals surface area contributed by atoms with Crippen molar-refractivity contribution in [1.29, 1.82) is 0 Å². The van der Waals surface area contributed by atoms with Gasteiger partial charge in [-0.15, -0.1) is 0 Å². The minimum absolute atomic E-state index is 0.0103. The second-order valence-corrected chi connectivity index (χ2v) is 10.9. The van der Waals surface area contributed by atoms with Gasteiger partial charge in [0.1, 0.15) is 6.10 Å². The number of carbonyl (C=O) groups excluding carboxylic acids is 2. The molecule has 2 amide bonds. The SMILES string of the molecule is CCCCNC(=O)OC(C)C=CC(=O)NC1COC(CC=C(C)C=C[C@@H]2C[C@]3(CO3)CC(C)(C)O2)OC1. The summed E-state index contributed by atoms with van der Waals surface area (Å²) in [7, 11) is 0. The molecule has 208 valence electrons. The monoisotopic (exact) mass is 520 g/mol. The number of allylic oxidation sites excluding steroid dienone is 2. The second kappa shape index (κ2) is 13.6. The van der Waals surface area contributed by atoms with E-state index in [2.05, 4.69) is 42.7 Å². The molecule has 9 heteroatoms. The molecule has 37 heavy (non-hydrogen) atoms. The minimum Gasteiger partial charge on any atom is -0.442 e. The van der Waals surface area contributed by atoms with Crippen LogP contribution in [0.4, 0.5) is 4.79 Å². The van der Waals surface area contributed by atoms with Gasteiger partial charge in [0.05, 0.1) is 43.2 Å². The van der Waals surface area contributed by atoms with E-state index in [-0.39, 0.29) is 35.5 Å². The van der Waals surface area contributed by atoms with Crippen LogP contribution < -0.4 is 10.6 Å². The third-order valence-electron chi connectivity index (χ3n) is 6.47. The largest absolute Gasteiger partial charge is 0.442 e. The highest BCUT2D eigenvalue weighted by Crippen LogP contribution is 2.46. The zero-order valence-electron chi connectivity index (χ0n) is 22.9. The number of rotatable bonds is 11. The Morgan fingerprint density at radius 3 is 2.59 bits per heavy atom. The molecule has 3 saturated heterocycles. The summed E-state index contributed by atoms with van der Waals surface area (Å²) in [5, 5.41) is 5.52. The van der Waals surface area contributed by atoms with Crippen LogP contribution in [0.2, 0.25) is 0 Å². The van der Waals surface area contributed by atoms with Gasteiger partial charge in [0, 0.05) is 31.9 Å². The molecular formula is C28H44N2O7. The fourth-order valence-electron chi connectivity index (χ4n) is 4.60. The molecule has 0 radical (unpaired) electrons. The van der Waals surface area contributed by atoms with Gasteiger partial charge in [-0.2, -0.15) is 0 Å². The average molecular weight is 521 g/mol. The maximum Gasteiger partial charge on any atom is 0.407 e. The van der Waals surface area contributed by atoms with Gasteiger partial charge >= 0.3 is 6.09 Å². The van der Waals surface area contributed by atoms with Gasteiger partial charge in [0.25, 0.3) is 0 Å². The van der Waals surface area contributed by atoms with Crippen molar-refractivity contribution in [3.63, 3.8) is 0 Å². The molecule has 9 nitrogen and oxygen atoms in total.